The van der Waals surface area contributed by atoms with E-state index in [0.717, 1.165) is 26.1 Å². The van der Waals surface area contributed by atoms with Crippen LogP contribution in [0.2, 0.25) is 5.02 Å². The topological polar surface area (TPSA) is 58.4 Å². The van der Waals surface area contributed by atoms with Crippen LogP contribution in [0.3, 0.4) is 0 Å². The Labute approximate surface area is 112 Å². The summed E-state index contributed by atoms with van der Waals surface area (Å²) in [6, 6.07) is 7.50. The highest BCUT2D eigenvalue weighted by Gasteiger charge is 2.19. The van der Waals surface area contributed by atoms with Gasteiger partial charge in [0.2, 0.25) is 5.91 Å². The van der Waals surface area contributed by atoms with Crippen LogP contribution in [0.1, 0.15) is 12.8 Å². The third-order valence-electron chi connectivity index (χ3n) is 3.11. The van der Waals surface area contributed by atoms with Gasteiger partial charge in [-0.25, -0.2) is 0 Å². The van der Waals surface area contributed by atoms with Gasteiger partial charge in [0.05, 0.1) is 10.7 Å². The molecular formula is C13H18ClN3O. The van der Waals surface area contributed by atoms with Gasteiger partial charge in [-0.05, 0) is 25.1 Å². The molecule has 5 heteroatoms. The highest BCUT2D eigenvalue weighted by atomic mass is 35.5. The second-order valence-electron chi connectivity index (χ2n) is 4.63. The monoisotopic (exact) mass is 267 g/mol. The zero-order valence-electron chi connectivity index (χ0n) is 10.2. The van der Waals surface area contributed by atoms with Crippen molar-refractivity contribution in [3.8, 4) is 0 Å². The average molecular weight is 268 g/mol. The van der Waals surface area contributed by atoms with Crippen molar-refractivity contribution in [3.63, 3.8) is 0 Å². The lowest BCUT2D eigenvalue weighted by Crippen LogP contribution is -2.29. The molecule has 4 nitrogen and oxygen atoms in total. The zero-order valence-corrected chi connectivity index (χ0v) is 11.0. The van der Waals surface area contributed by atoms with E-state index < -0.39 is 0 Å². The minimum atomic E-state index is -0.0106. The predicted molar refractivity (Wildman–Crippen MR) is 73.7 cm³/mol. The van der Waals surface area contributed by atoms with Crippen molar-refractivity contribution in [1.82, 2.24) is 4.90 Å². The maximum absolute atomic E-state index is 11.8. The van der Waals surface area contributed by atoms with Gasteiger partial charge in [-0.15, -0.1) is 0 Å². The van der Waals surface area contributed by atoms with Gasteiger partial charge in [-0.2, -0.15) is 0 Å². The molecule has 18 heavy (non-hydrogen) atoms. The van der Waals surface area contributed by atoms with E-state index >= 15 is 0 Å². The predicted octanol–water partition coefficient (Wildman–Crippen LogP) is 1.70. The molecular weight excluding hydrogens is 250 g/mol. The van der Waals surface area contributed by atoms with E-state index in [0.29, 0.717) is 17.1 Å². The Morgan fingerprint density at radius 2 is 2.28 bits per heavy atom. The summed E-state index contributed by atoms with van der Waals surface area (Å²) in [5.74, 6) is -0.0106. The number of rotatable bonds is 4. The van der Waals surface area contributed by atoms with Gasteiger partial charge in [0.15, 0.2) is 0 Å². The molecule has 0 bridgehead atoms. The van der Waals surface area contributed by atoms with Crippen LogP contribution < -0.4 is 11.1 Å². The molecule has 1 unspecified atom stereocenters. The van der Waals surface area contributed by atoms with Crippen LogP contribution in [0, 0.1) is 0 Å². The minimum Gasteiger partial charge on any atom is -0.326 e. The second-order valence-corrected chi connectivity index (χ2v) is 5.03. The maximum Gasteiger partial charge on any atom is 0.225 e. The number of amides is 1. The molecule has 2 rings (SSSR count). The Morgan fingerprint density at radius 3 is 2.94 bits per heavy atom. The lowest BCUT2D eigenvalue weighted by atomic mass is 10.3. The van der Waals surface area contributed by atoms with Gasteiger partial charge in [-0.1, -0.05) is 23.7 Å². The van der Waals surface area contributed by atoms with Gasteiger partial charge >= 0.3 is 0 Å². The Hall–Kier alpha value is -1.10. The number of halogens is 1. The number of anilines is 1. The number of carbonyl (C=O) groups is 1. The first-order valence-electron chi connectivity index (χ1n) is 6.17. The van der Waals surface area contributed by atoms with Crippen molar-refractivity contribution < 1.29 is 4.79 Å². The van der Waals surface area contributed by atoms with Gasteiger partial charge in [0.1, 0.15) is 0 Å². The van der Waals surface area contributed by atoms with Crippen molar-refractivity contribution in [1.29, 1.82) is 0 Å². The molecule has 1 aromatic carbocycles. The fraction of sp³-hybridized carbons (Fsp3) is 0.462. The SMILES string of the molecule is NC1CCN(CCC(=O)Nc2ccccc2Cl)C1. The molecule has 1 aliphatic heterocycles. The first-order chi connectivity index (χ1) is 8.65. The van der Waals surface area contributed by atoms with Crippen molar-refractivity contribution in [2.75, 3.05) is 25.0 Å². The maximum atomic E-state index is 11.8. The highest BCUT2D eigenvalue weighted by Crippen LogP contribution is 2.20. The van der Waals surface area contributed by atoms with E-state index in [1.807, 2.05) is 12.1 Å². The van der Waals surface area contributed by atoms with Crippen molar-refractivity contribution >= 4 is 23.2 Å². The van der Waals surface area contributed by atoms with Crippen LogP contribution in [0.4, 0.5) is 5.69 Å². The van der Waals surface area contributed by atoms with Gasteiger partial charge in [-0.3, -0.25) is 4.79 Å². The lowest BCUT2D eigenvalue weighted by Gasteiger charge is -2.14. The van der Waals surface area contributed by atoms with Crippen molar-refractivity contribution in [3.05, 3.63) is 29.3 Å². The molecule has 1 aromatic rings. The summed E-state index contributed by atoms with van der Waals surface area (Å²) in [6.45, 7) is 2.63. The molecule has 1 aliphatic rings. The Kier molecular flexibility index (Phi) is 4.58. The molecule has 98 valence electrons. The van der Waals surface area contributed by atoms with Crippen molar-refractivity contribution in [2.45, 2.75) is 18.9 Å². The third-order valence-corrected chi connectivity index (χ3v) is 3.44. The summed E-state index contributed by atoms with van der Waals surface area (Å²) >= 11 is 5.97. The number of nitrogens with one attached hydrogen (secondary N) is 1. The molecule has 0 spiro atoms. The van der Waals surface area contributed by atoms with E-state index in [-0.39, 0.29) is 11.9 Å². The molecule has 0 radical (unpaired) electrons. The van der Waals surface area contributed by atoms with E-state index in [4.69, 9.17) is 17.3 Å². The second kappa shape index (κ2) is 6.18. The molecule has 1 heterocycles. The molecule has 0 saturated carbocycles. The number of benzene rings is 1. The Bertz CT molecular complexity index is 424. The normalized spacial score (nSPS) is 20.0. The number of carbonyl (C=O) groups excluding carboxylic acids is 1. The average Bonchev–Trinajstić information content (AvgIpc) is 2.76. The van der Waals surface area contributed by atoms with Crippen molar-refractivity contribution in [2.24, 2.45) is 5.73 Å². The van der Waals surface area contributed by atoms with E-state index in [1.165, 1.54) is 0 Å². The van der Waals surface area contributed by atoms with Crippen LogP contribution in [0.15, 0.2) is 24.3 Å². The van der Waals surface area contributed by atoms with Crippen LogP contribution >= 0.6 is 11.6 Å². The summed E-state index contributed by atoms with van der Waals surface area (Å²) < 4.78 is 0. The third kappa shape index (κ3) is 3.70. The number of hydrogen-bond acceptors (Lipinski definition) is 3. The zero-order chi connectivity index (χ0) is 13.0. The summed E-state index contributed by atoms with van der Waals surface area (Å²) in [6.07, 6.45) is 1.49. The van der Waals surface area contributed by atoms with Gasteiger partial charge < -0.3 is 16.0 Å². The van der Waals surface area contributed by atoms with Crippen LogP contribution in [0.5, 0.6) is 0 Å². The number of hydrogen-bond donors (Lipinski definition) is 2. The summed E-state index contributed by atoms with van der Waals surface area (Å²) in [5.41, 5.74) is 6.48. The fourth-order valence-corrected chi connectivity index (χ4v) is 2.28. The van der Waals surface area contributed by atoms with Gasteiger partial charge in [0, 0.05) is 25.6 Å². The largest absolute Gasteiger partial charge is 0.326 e. The molecule has 1 fully saturated rings. The van der Waals surface area contributed by atoms with Crippen LogP contribution in [-0.4, -0.2) is 36.5 Å². The fourth-order valence-electron chi connectivity index (χ4n) is 2.10. The number of likely N-dealkylation sites (tertiary alicyclic amines) is 1. The van der Waals surface area contributed by atoms with E-state index in [9.17, 15) is 4.79 Å². The minimum absolute atomic E-state index is 0.0106. The number of nitrogens with two attached hydrogens (primary N) is 1. The Morgan fingerprint density at radius 1 is 1.50 bits per heavy atom. The van der Waals surface area contributed by atoms with Gasteiger partial charge in [0.25, 0.3) is 0 Å². The molecule has 3 N–H and O–H groups in total. The number of para-hydroxylation sites is 1. The molecule has 0 aliphatic carbocycles. The van der Waals surface area contributed by atoms with E-state index in [1.54, 1.807) is 12.1 Å². The molecule has 1 saturated heterocycles. The quantitative estimate of drug-likeness (QED) is 0.873. The molecule has 0 aromatic heterocycles. The van der Waals surface area contributed by atoms with Crippen LogP contribution in [-0.2, 0) is 4.79 Å². The summed E-state index contributed by atoms with van der Waals surface area (Å²) in [4.78, 5) is 14.0. The first-order valence-corrected chi connectivity index (χ1v) is 6.55. The first kappa shape index (κ1) is 13.3. The highest BCUT2D eigenvalue weighted by molar-refractivity contribution is 6.33. The lowest BCUT2D eigenvalue weighted by molar-refractivity contribution is -0.116. The number of nitrogens with zero attached hydrogens (tertiary/aromatic N) is 1. The van der Waals surface area contributed by atoms with Crippen LogP contribution in [0.25, 0.3) is 0 Å². The van der Waals surface area contributed by atoms with E-state index in [2.05, 4.69) is 10.2 Å². The summed E-state index contributed by atoms with van der Waals surface area (Å²) in [5, 5.41) is 3.38. The molecule has 1 amide bonds. The Balaban J connectivity index is 1.77. The summed E-state index contributed by atoms with van der Waals surface area (Å²) in [7, 11) is 0. The standard InChI is InChI=1S/C13H18ClN3O/c14-11-3-1-2-4-12(11)16-13(18)6-8-17-7-5-10(15)9-17/h1-4,10H,5-9,15H2,(H,16,18). The smallest absolute Gasteiger partial charge is 0.225 e. The molecule has 1 atom stereocenters.